The van der Waals surface area contributed by atoms with Gasteiger partial charge in [0.2, 0.25) is 11.9 Å². The molecule has 9 nitrogen and oxygen atoms in total. The SMILES string of the molecule is C=CC(=O)Nc1cc(Nc2ncc(Br)c(Nc3cc(C)c(C)c(C)c3)n2)c(OC(F)F)cc1OCCN(C)C. The van der Waals surface area contributed by atoms with Crippen molar-refractivity contribution >= 4 is 50.7 Å². The van der Waals surface area contributed by atoms with Crippen molar-refractivity contribution < 1.29 is 23.0 Å². The molecule has 39 heavy (non-hydrogen) atoms. The number of hydrogen-bond acceptors (Lipinski definition) is 8. The summed E-state index contributed by atoms with van der Waals surface area (Å²) in [6.07, 6.45) is 2.61. The second-order valence-electron chi connectivity index (χ2n) is 8.94. The number of benzene rings is 2. The molecule has 0 aliphatic carbocycles. The lowest BCUT2D eigenvalue weighted by molar-refractivity contribution is -0.111. The van der Waals surface area contributed by atoms with Gasteiger partial charge in [0.1, 0.15) is 18.2 Å². The summed E-state index contributed by atoms with van der Waals surface area (Å²) in [4.78, 5) is 22.7. The highest BCUT2D eigenvalue weighted by Gasteiger charge is 2.18. The summed E-state index contributed by atoms with van der Waals surface area (Å²) in [7, 11) is 3.73. The summed E-state index contributed by atoms with van der Waals surface area (Å²) in [5.74, 6) is -0.0151. The van der Waals surface area contributed by atoms with E-state index in [0.29, 0.717) is 16.8 Å². The maximum atomic E-state index is 13.3. The number of aryl methyl sites for hydroxylation is 2. The molecule has 0 unspecified atom stereocenters. The maximum Gasteiger partial charge on any atom is 0.387 e. The Bertz CT molecular complexity index is 1330. The van der Waals surface area contributed by atoms with E-state index in [1.165, 1.54) is 23.9 Å². The molecule has 0 aliphatic rings. The quantitative estimate of drug-likeness (QED) is 0.207. The molecule has 0 atom stereocenters. The minimum Gasteiger partial charge on any atom is -0.490 e. The Morgan fingerprint density at radius 3 is 2.41 bits per heavy atom. The molecule has 0 spiro atoms. The average Bonchev–Trinajstić information content (AvgIpc) is 2.86. The molecule has 208 valence electrons. The summed E-state index contributed by atoms with van der Waals surface area (Å²) in [6.45, 7) is 7.26. The van der Waals surface area contributed by atoms with Gasteiger partial charge in [-0.25, -0.2) is 4.98 Å². The number of hydrogen-bond donors (Lipinski definition) is 3. The first-order chi connectivity index (χ1) is 18.5. The van der Waals surface area contributed by atoms with Gasteiger partial charge >= 0.3 is 6.61 Å². The van der Waals surface area contributed by atoms with Crippen LogP contribution in [-0.2, 0) is 4.79 Å². The summed E-state index contributed by atoms with van der Waals surface area (Å²) in [6, 6.07) is 6.69. The van der Waals surface area contributed by atoms with Crippen LogP contribution in [0.4, 0.5) is 37.6 Å². The lowest BCUT2D eigenvalue weighted by Crippen LogP contribution is -2.20. The van der Waals surface area contributed by atoms with Crippen molar-refractivity contribution in [1.82, 2.24) is 14.9 Å². The number of nitrogens with zero attached hydrogens (tertiary/aromatic N) is 3. The molecule has 0 radical (unpaired) electrons. The van der Waals surface area contributed by atoms with Crippen molar-refractivity contribution in [3.63, 3.8) is 0 Å². The van der Waals surface area contributed by atoms with E-state index in [1.807, 2.05) is 45.0 Å². The van der Waals surface area contributed by atoms with E-state index >= 15 is 0 Å². The van der Waals surface area contributed by atoms with E-state index in [1.54, 1.807) is 0 Å². The van der Waals surface area contributed by atoms with Crippen molar-refractivity contribution in [3.8, 4) is 11.5 Å². The van der Waals surface area contributed by atoms with Gasteiger partial charge < -0.3 is 30.3 Å². The van der Waals surface area contributed by atoms with Gasteiger partial charge in [0.05, 0.1) is 15.8 Å². The third kappa shape index (κ3) is 8.36. The zero-order chi connectivity index (χ0) is 28.7. The lowest BCUT2D eigenvalue weighted by Gasteiger charge is -2.19. The minimum atomic E-state index is -3.11. The number of ether oxygens (including phenoxy) is 2. The van der Waals surface area contributed by atoms with E-state index in [4.69, 9.17) is 9.47 Å². The Morgan fingerprint density at radius 1 is 1.10 bits per heavy atom. The van der Waals surface area contributed by atoms with Crippen LogP contribution in [0.15, 0.2) is 47.6 Å². The van der Waals surface area contributed by atoms with Crippen molar-refractivity contribution in [3.05, 3.63) is 64.3 Å². The molecule has 0 saturated carbocycles. The predicted molar refractivity (Wildman–Crippen MR) is 153 cm³/mol. The van der Waals surface area contributed by atoms with Crippen molar-refractivity contribution in [1.29, 1.82) is 0 Å². The monoisotopic (exact) mass is 604 g/mol. The van der Waals surface area contributed by atoms with Gasteiger partial charge in [-0.05, 0) is 91.8 Å². The molecule has 3 N–H and O–H groups in total. The van der Waals surface area contributed by atoms with Crippen LogP contribution in [0.1, 0.15) is 16.7 Å². The normalized spacial score (nSPS) is 10.9. The van der Waals surface area contributed by atoms with Gasteiger partial charge in [0, 0.05) is 24.5 Å². The smallest absolute Gasteiger partial charge is 0.387 e. The molecule has 1 aromatic heterocycles. The number of aromatic nitrogens is 2. The van der Waals surface area contributed by atoms with Gasteiger partial charge in [-0.1, -0.05) is 6.58 Å². The molecule has 3 aromatic rings. The number of anilines is 5. The van der Waals surface area contributed by atoms with Crippen LogP contribution in [0.2, 0.25) is 0 Å². The highest BCUT2D eigenvalue weighted by molar-refractivity contribution is 9.10. The fraction of sp³-hybridized carbons (Fsp3) is 0.296. The minimum absolute atomic E-state index is 0.0879. The largest absolute Gasteiger partial charge is 0.490 e. The topological polar surface area (TPSA) is 101 Å². The first kappa shape index (κ1) is 29.8. The number of alkyl halides is 2. The molecule has 0 saturated heterocycles. The molecule has 2 aromatic carbocycles. The summed E-state index contributed by atoms with van der Waals surface area (Å²) >= 11 is 3.45. The Kier molecular flexibility index (Phi) is 10.2. The van der Waals surface area contributed by atoms with Crippen LogP contribution in [0.25, 0.3) is 0 Å². The lowest BCUT2D eigenvalue weighted by atomic mass is 10.0. The third-order valence-electron chi connectivity index (χ3n) is 5.72. The Balaban J connectivity index is 1.98. The van der Waals surface area contributed by atoms with Crippen LogP contribution in [0.5, 0.6) is 11.5 Å². The second-order valence-corrected chi connectivity index (χ2v) is 9.80. The van der Waals surface area contributed by atoms with Crippen LogP contribution < -0.4 is 25.4 Å². The van der Waals surface area contributed by atoms with E-state index in [0.717, 1.165) is 22.9 Å². The summed E-state index contributed by atoms with van der Waals surface area (Å²) in [5, 5.41) is 8.81. The molecular formula is C27H31BrF2N6O3. The standard InChI is InChI=1S/C27H31BrF2N6O3/c1-7-24(37)33-20-12-21(23(39-26(29)30)13-22(20)38-9-8-36(5)6)34-27-31-14-19(28)25(35-27)32-18-10-15(2)17(4)16(3)11-18/h7,10-14,26H,1,8-9H2,2-6H3,(H,33,37)(H2,31,32,34,35). The molecule has 0 bridgehead atoms. The van der Waals surface area contributed by atoms with E-state index in [9.17, 15) is 13.6 Å². The van der Waals surface area contributed by atoms with E-state index < -0.39 is 12.5 Å². The Hall–Kier alpha value is -3.77. The molecule has 1 heterocycles. The van der Waals surface area contributed by atoms with Crippen molar-refractivity contribution in [2.45, 2.75) is 27.4 Å². The third-order valence-corrected chi connectivity index (χ3v) is 6.30. The summed E-state index contributed by atoms with van der Waals surface area (Å²) < 4.78 is 37.8. The molecule has 1 amide bonds. The molecule has 12 heteroatoms. The Morgan fingerprint density at radius 2 is 1.79 bits per heavy atom. The number of amides is 1. The number of nitrogens with one attached hydrogen (secondary N) is 3. The first-order valence-corrected chi connectivity index (χ1v) is 12.7. The number of carbonyl (C=O) groups excluding carboxylic acids is 1. The van der Waals surface area contributed by atoms with Gasteiger partial charge in [-0.2, -0.15) is 13.8 Å². The number of likely N-dealkylation sites (N-methyl/N-ethyl adjacent to an activating group) is 1. The predicted octanol–water partition coefficient (Wildman–Crippen LogP) is 6.32. The van der Waals surface area contributed by atoms with Gasteiger partial charge in [-0.15, -0.1) is 0 Å². The zero-order valence-corrected chi connectivity index (χ0v) is 23.9. The number of rotatable bonds is 12. The highest BCUT2D eigenvalue weighted by atomic mass is 79.9. The first-order valence-electron chi connectivity index (χ1n) is 11.9. The average molecular weight is 605 g/mol. The van der Waals surface area contributed by atoms with Gasteiger partial charge in [0.25, 0.3) is 0 Å². The fourth-order valence-corrected chi connectivity index (χ4v) is 3.76. The van der Waals surface area contributed by atoms with Gasteiger partial charge in [0.15, 0.2) is 5.75 Å². The highest BCUT2D eigenvalue weighted by Crippen LogP contribution is 2.39. The van der Waals surface area contributed by atoms with Crippen LogP contribution >= 0.6 is 15.9 Å². The maximum absolute atomic E-state index is 13.3. The van der Waals surface area contributed by atoms with Gasteiger partial charge in [-0.3, -0.25) is 4.79 Å². The van der Waals surface area contributed by atoms with Crippen LogP contribution in [0, 0.1) is 20.8 Å². The summed E-state index contributed by atoms with van der Waals surface area (Å²) in [5.41, 5.74) is 4.59. The van der Waals surface area contributed by atoms with Crippen LogP contribution in [0.3, 0.4) is 0 Å². The fourth-order valence-electron chi connectivity index (χ4n) is 3.47. The molecular weight excluding hydrogens is 574 g/mol. The van der Waals surface area contributed by atoms with Crippen LogP contribution in [-0.4, -0.2) is 54.6 Å². The number of halogens is 3. The Labute approximate surface area is 234 Å². The van der Waals surface area contributed by atoms with Crippen molar-refractivity contribution in [2.24, 2.45) is 0 Å². The second kappa shape index (κ2) is 13.3. The zero-order valence-electron chi connectivity index (χ0n) is 22.4. The van der Waals surface area contributed by atoms with Crippen molar-refractivity contribution in [2.75, 3.05) is 43.2 Å². The van der Waals surface area contributed by atoms with E-state index in [-0.39, 0.29) is 35.4 Å². The number of carbonyl (C=O) groups is 1. The molecule has 0 fully saturated rings. The molecule has 0 aliphatic heterocycles. The van der Waals surface area contributed by atoms with E-state index in [2.05, 4.69) is 55.4 Å². The molecule has 3 rings (SSSR count).